The van der Waals surface area contributed by atoms with Gasteiger partial charge in [-0.1, -0.05) is 133 Å². The molecule has 2 saturated heterocycles. The summed E-state index contributed by atoms with van der Waals surface area (Å²) in [7, 11) is 0. The second-order valence-electron chi connectivity index (χ2n) is 18.0. The molecule has 7 aromatic rings. The Hall–Kier alpha value is -9.98. The molecule has 9 rings (SSSR count). The van der Waals surface area contributed by atoms with Gasteiger partial charge < -0.3 is 47.4 Å². The average Bonchev–Trinajstić information content (AvgIpc) is 3.72. The van der Waals surface area contributed by atoms with Crippen LogP contribution in [-0.4, -0.2) is 116 Å². The summed E-state index contributed by atoms with van der Waals surface area (Å²) < 4.78 is 62.9. The van der Waals surface area contributed by atoms with Crippen LogP contribution in [0.3, 0.4) is 0 Å². The van der Waals surface area contributed by atoms with E-state index in [1.165, 1.54) is 84.9 Å². The SMILES string of the molecule is [N-]=[N+]=NCC1O[C@H](O[C@H]2O[C@H](COC(=O)c3ccccc3)[C@@H](OC(=O)c3ccccc3)C(OC(=O)c3ccccc3)C2OC(=O)c2ccccc2)C(OC(=O)c2ccccc2)C(OC(=O)c2ccccc2)[C@@H]1OC(=O)c1ccccc1. The zero-order valence-corrected chi connectivity index (χ0v) is 42.7. The van der Waals surface area contributed by atoms with Gasteiger partial charge in [0.1, 0.15) is 18.8 Å². The molecule has 20 nitrogen and oxygen atoms in total. The largest absolute Gasteiger partial charge is 0.459 e. The van der Waals surface area contributed by atoms with Crippen LogP contribution in [0.1, 0.15) is 72.5 Å². The Balaban J connectivity index is 1.20. The minimum absolute atomic E-state index is 0.00153. The van der Waals surface area contributed by atoms with E-state index in [0.717, 1.165) is 0 Å². The zero-order chi connectivity index (χ0) is 56.5. The van der Waals surface area contributed by atoms with Crippen molar-refractivity contribution in [3.05, 3.63) is 262 Å². The van der Waals surface area contributed by atoms with Crippen molar-refractivity contribution in [1.29, 1.82) is 0 Å². The molecule has 0 saturated carbocycles. The molecule has 0 aromatic heterocycles. The lowest BCUT2D eigenvalue weighted by atomic mass is 9.96. The number of benzene rings is 7. The third kappa shape index (κ3) is 14.2. The molecule has 2 aliphatic rings. The molecule has 410 valence electrons. The number of hydrogen-bond donors (Lipinski definition) is 0. The van der Waals surface area contributed by atoms with Gasteiger partial charge in [-0.05, 0) is 90.5 Å². The first-order valence-corrected chi connectivity index (χ1v) is 25.3. The van der Waals surface area contributed by atoms with E-state index in [2.05, 4.69) is 10.0 Å². The molecular weight excluding hydrogens is 1050 g/mol. The van der Waals surface area contributed by atoms with Gasteiger partial charge in [0.15, 0.2) is 36.6 Å². The maximum atomic E-state index is 14.5. The van der Waals surface area contributed by atoms with E-state index in [9.17, 15) is 39.1 Å². The smallest absolute Gasteiger partial charge is 0.338 e. The number of hydrogen-bond acceptors (Lipinski definition) is 18. The van der Waals surface area contributed by atoms with Crippen LogP contribution in [-0.2, 0) is 47.4 Å². The first kappa shape index (κ1) is 55.8. The van der Waals surface area contributed by atoms with Crippen LogP contribution < -0.4 is 0 Å². The minimum Gasteiger partial charge on any atom is -0.459 e. The summed E-state index contributed by atoms with van der Waals surface area (Å²) >= 11 is 0. The number of carbonyl (C=O) groups excluding carboxylic acids is 7. The van der Waals surface area contributed by atoms with Gasteiger partial charge in [0.25, 0.3) is 0 Å². The van der Waals surface area contributed by atoms with Crippen LogP contribution in [0.15, 0.2) is 217 Å². The molecule has 2 heterocycles. The number of esters is 7. The van der Waals surface area contributed by atoms with Gasteiger partial charge in [-0.25, -0.2) is 33.6 Å². The van der Waals surface area contributed by atoms with E-state index in [4.69, 9.17) is 47.4 Å². The third-order valence-electron chi connectivity index (χ3n) is 12.7. The Morgan fingerprint density at radius 2 is 0.593 bits per heavy atom. The van der Waals surface area contributed by atoms with Crippen LogP contribution in [0.25, 0.3) is 10.4 Å². The normalized spacial score (nSPS) is 22.0. The highest BCUT2D eigenvalue weighted by Gasteiger charge is 2.58. The highest BCUT2D eigenvalue weighted by molar-refractivity contribution is 5.93. The van der Waals surface area contributed by atoms with Gasteiger partial charge in [0.05, 0.1) is 45.5 Å². The fourth-order valence-corrected chi connectivity index (χ4v) is 8.72. The quantitative estimate of drug-likeness (QED) is 0.0240. The molecule has 20 heteroatoms. The molecule has 2 fully saturated rings. The van der Waals surface area contributed by atoms with E-state index in [-0.39, 0.29) is 38.9 Å². The highest BCUT2D eigenvalue weighted by atomic mass is 16.8. The summed E-state index contributed by atoms with van der Waals surface area (Å²) in [6.07, 6.45) is -18.9. The molecule has 0 spiro atoms. The van der Waals surface area contributed by atoms with E-state index in [0.29, 0.717) is 0 Å². The number of nitrogens with zero attached hydrogens (tertiary/aromatic N) is 3. The molecule has 0 bridgehead atoms. The van der Waals surface area contributed by atoms with Crippen LogP contribution >= 0.6 is 0 Å². The molecule has 2 aliphatic heterocycles. The maximum Gasteiger partial charge on any atom is 0.338 e. The van der Waals surface area contributed by atoms with Gasteiger partial charge in [-0.15, -0.1) is 0 Å². The fourth-order valence-electron chi connectivity index (χ4n) is 8.72. The van der Waals surface area contributed by atoms with Gasteiger partial charge in [-0.3, -0.25) is 0 Å². The number of carbonyl (C=O) groups is 7. The molecule has 10 atom stereocenters. The Morgan fingerprint density at radius 3 is 0.889 bits per heavy atom. The molecule has 0 radical (unpaired) electrons. The summed E-state index contributed by atoms with van der Waals surface area (Å²) in [6.45, 7) is -1.40. The zero-order valence-electron chi connectivity index (χ0n) is 42.7. The third-order valence-corrected chi connectivity index (χ3v) is 12.7. The van der Waals surface area contributed by atoms with E-state index in [1.54, 1.807) is 127 Å². The van der Waals surface area contributed by atoms with Crippen LogP contribution in [0, 0.1) is 0 Å². The lowest BCUT2D eigenvalue weighted by Gasteiger charge is -2.48. The molecule has 81 heavy (non-hydrogen) atoms. The van der Waals surface area contributed by atoms with E-state index in [1.807, 2.05) is 0 Å². The van der Waals surface area contributed by atoms with Crippen molar-refractivity contribution < 1.29 is 80.9 Å². The number of rotatable bonds is 19. The molecule has 0 aliphatic carbocycles. The lowest BCUT2D eigenvalue weighted by molar-refractivity contribution is -0.370. The second kappa shape index (κ2) is 27.1. The van der Waals surface area contributed by atoms with Crippen molar-refractivity contribution in [2.45, 2.75) is 61.4 Å². The topological polar surface area (TPSA) is 261 Å². The van der Waals surface area contributed by atoms with Crippen molar-refractivity contribution in [2.75, 3.05) is 13.2 Å². The van der Waals surface area contributed by atoms with Crippen LogP contribution in [0.2, 0.25) is 0 Å². The summed E-state index contributed by atoms with van der Waals surface area (Å²) in [5, 5.41) is 3.72. The first-order chi connectivity index (χ1) is 39.5. The Morgan fingerprint density at radius 1 is 0.346 bits per heavy atom. The van der Waals surface area contributed by atoms with Gasteiger partial charge in [0, 0.05) is 4.91 Å². The fraction of sp³-hybridized carbons (Fsp3) is 0.197. The summed E-state index contributed by atoms with van der Waals surface area (Å²) in [5.41, 5.74) is 9.86. The van der Waals surface area contributed by atoms with Gasteiger partial charge in [0.2, 0.25) is 12.6 Å². The van der Waals surface area contributed by atoms with Crippen LogP contribution in [0.5, 0.6) is 0 Å². The average molecular weight is 1100 g/mol. The van der Waals surface area contributed by atoms with Crippen molar-refractivity contribution in [3.63, 3.8) is 0 Å². The van der Waals surface area contributed by atoms with Crippen molar-refractivity contribution >= 4 is 41.8 Å². The molecule has 5 unspecified atom stereocenters. The molecule has 7 aromatic carbocycles. The number of azide groups is 1. The summed E-state index contributed by atoms with van der Waals surface area (Å²) in [5.74, 6) is -6.89. The van der Waals surface area contributed by atoms with Crippen LogP contribution in [0.4, 0.5) is 0 Å². The van der Waals surface area contributed by atoms with E-state index >= 15 is 0 Å². The van der Waals surface area contributed by atoms with Gasteiger partial charge >= 0.3 is 41.8 Å². The van der Waals surface area contributed by atoms with E-state index < -0.39 is 116 Å². The van der Waals surface area contributed by atoms with Crippen molar-refractivity contribution in [2.24, 2.45) is 5.11 Å². The predicted molar refractivity (Wildman–Crippen MR) is 283 cm³/mol. The Labute approximate surface area is 462 Å². The lowest BCUT2D eigenvalue weighted by Crippen LogP contribution is -2.67. The molecule has 0 N–H and O–H groups in total. The Bertz CT molecular complexity index is 3320. The van der Waals surface area contributed by atoms with Crippen molar-refractivity contribution in [1.82, 2.24) is 0 Å². The molecular formula is C61H49N3O17. The second-order valence-corrected chi connectivity index (χ2v) is 18.0. The van der Waals surface area contributed by atoms with Crippen molar-refractivity contribution in [3.8, 4) is 0 Å². The minimum atomic E-state index is -2.10. The highest BCUT2D eigenvalue weighted by Crippen LogP contribution is 2.37. The number of ether oxygens (including phenoxy) is 10. The maximum absolute atomic E-state index is 14.5. The van der Waals surface area contributed by atoms with Gasteiger partial charge in [-0.2, -0.15) is 0 Å². The molecule has 0 amide bonds. The first-order valence-electron chi connectivity index (χ1n) is 25.3. The monoisotopic (exact) mass is 1100 g/mol. The standard InChI is InChI=1S/C61H49N3O17/c62-64-63-36-45-47(75-54(66)39-24-10-2-11-25-39)49(77-56(68)41-28-14-4-15-29-41)51(79-58(70)43-32-18-6-19-33-43)60(73-45)81-61-52(80-59(71)44-34-20-7-21-35-44)50(78-57(69)42-30-16-5-17-31-42)48(76-55(67)40-26-12-3-13-27-40)46(74-61)37-72-53(65)38-22-8-1-9-23-38/h1-35,45-52,60-61H,36-37H2/t45?,46-,47-,48-,49?,50?,51?,52?,60-,61-/m1/s1. The summed E-state index contributed by atoms with van der Waals surface area (Å²) in [4.78, 5) is 103. The predicted octanol–water partition coefficient (Wildman–Crippen LogP) is 8.97. The Kier molecular flexibility index (Phi) is 18.6. The summed E-state index contributed by atoms with van der Waals surface area (Å²) in [6, 6.07) is 53.8.